The van der Waals surface area contributed by atoms with E-state index in [0.29, 0.717) is 25.1 Å². The van der Waals surface area contributed by atoms with Crippen molar-refractivity contribution in [1.82, 2.24) is 20.1 Å². The molecule has 6 nitrogen and oxygen atoms in total. The summed E-state index contributed by atoms with van der Waals surface area (Å²) in [6, 6.07) is 7.08. The predicted octanol–water partition coefficient (Wildman–Crippen LogP) is 2.00. The van der Waals surface area contributed by atoms with E-state index in [4.69, 9.17) is 0 Å². The Morgan fingerprint density at radius 3 is 2.87 bits per heavy atom. The molecule has 6 heteroatoms. The number of nitrogens with one attached hydrogen (secondary N) is 1. The Bertz CT molecular complexity index is 697. The Morgan fingerprint density at radius 2 is 2.17 bits per heavy atom. The van der Waals surface area contributed by atoms with E-state index >= 15 is 0 Å². The molecule has 1 amide bonds. The quantitative estimate of drug-likeness (QED) is 0.848. The Balaban J connectivity index is 1.98. The lowest BCUT2D eigenvalue weighted by molar-refractivity contribution is -0.121. The van der Waals surface area contributed by atoms with Gasteiger partial charge in [-0.15, -0.1) is 0 Å². The Morgan fingerprint density at radius 1 is 1.35 bits per heavy atom. The van der Waals surface area contributed by atoms with Crippen molar-refractivity contribution >= 4 is 5.91 Å². The summed E-state index contributed by atoms with van der Waals surface area (Å²) >= 11 is 0. The maximum Gasteiger partial charge on any atom is 0.266 e. The van der Waals surface area contributed by atoms with Crippen LogP contribution < -0.4 is 10.9 Å². The van der Waals surface area contributed by atoms with Crippen molar-refractivity contribution in [2.24, 2.45) is 0 Å². The number of amides is 1. The van der Waals surface area contributed by atoms with Crippen LogP contribution in [0.2, 0.25) is 0 Å². The van der Waals surface area contributed by atoms with Crippen molar-refractivity contribution < 1.29 is 4.79 Å². The minimum atomic E-state index is -0.167. The second kappa shape index (κ2) is 8.22. The minimum absolute atomic E-state index is 0.0100. The van der Waals surface area contributed by atoms with Crippen molar-refractivity contribution in [2.45, 2.75) is 45.7 Å². The number of carbonyl (C=O) groups excluding carboxylic acids is 1. The van der Waals surface area contributed by atoms with Gasteiger partial charge in [0, 0.05) is 43.0 Å². The van der Waals surface area contributed by atoms with Crippen LogP contribution in [0, 0.1) is 0 Å². The van der Waals surface area contributed by atoms with E-state index in [1.54, 1.807) is 18.5 Å². The first-order chi connectivity index (χ1) is 11.1. The van der Waals surface area contributed by atoms with Crippen molar-refractivity contribution in [3.63, 3.8) is 0 Å². The first-order valence-electron chi connectivity index (χ1n) is 7.88. The number of hydrogen-bond acceptors (Lipinski definition) is 4. The Labute approximate surface area is 135 Å². The molecule has 1 N–H and O–H groups in total. The normalized spacial score (nSPS) is 11.9. The van der Waals surface area contributed by atoms with E-state index < -0.39 is 0 Å². The molecule has 0 aliphatic carbocycles. The first kappa shape index (κ1) is 16.9. The largest absolute Gasteiger partial charge is 0.354 e. The van der Waals surface area contributed by atoms with E-state index in [-0.39, 0.29) is 17.5 Å². The van der Waals surface area contributed by atoms with Gasteiger partial charge in [0.05, 0.1) is 5.69 Å². The highest BCUT2D eigenvalue weighted by atomic mass is 16.1. The van der Waals surface area contributed by atoms with Gasteiger partial charge in [0.25, 0.3) is 5.56 Å². The standard InChI is InChI=1S/C17H22N4O2/c1-3-13(2)19-16(22)7-5-11-21-17(23)9-8-15(20-21)14-6-4-10-18-12-14/h4,6,8-10,12-13H,3,5,7,11H2,1-2H3,(H,19,22). The molecule has 23 heavy (non-hydrogen) atoms. The van der Waals surface area contributed by atoms with Gasteiger partial charge in [-0.2, -0.15) is 5.10 Å². The molecule has 0 fully saturated rings. The minimum Gasteiger partial charge on any atom is -0.354 e. The number of pyridine rings is 1. The second-order valence-electron chi connectivity index (χ2n) is 5.50. The zero-order valence-corrected chi connectivity index (χ0v) is 13.5. The zero-order chi connectivity index (χ0) is 16.7. The lowest BCUT2D eigenvalue weighted by Gasteiger charge is -2.11. The maximum absolute atomic E-state index is 11.9. The molecule has 0 saturated carbocycles. The summed E-state index contributed by atoms with van der Waals surface area (Å²) < 4.78 is 1.40. The van der Waals surface area contributed by atoms with Crippen LogP contribution in [0.15, 0.2) is 41.5 Å². The topological polar surface area (TPSA) is 76.9 Å². The third-order valence-corrected chi connectivity index (χ3v) is 3.62. The summed E-state index contributed by atoms with van der Waals surface area (Å²) in [5.41, 5.74) is 1.39. The molecular weight excluding hydrogens is 292 g/mol. The van der Waals surface area contributed by atoms with Crippen LogP contribution in [-0.2, 0) is 11.3 Å². The zero-order valence-electron chi connectivity index (χ0n) is 13.5. The summed E-state index contributed by atoms with van der Waals surface area (Å²) in [5.74, 6) is 0.0100. The summed E-state index contributed by atoms with van der Waals surface area (Å²) in [7, 11) is 0. The van der Waals surface area contributed by atoms with E-state index in [9.17, 15) is 9.59 Å². The lowest BCUT2D eigenvalue weighted by atomic mass is 10.2. The molecule has 0 aromatic carbocycles. The highest BCUT2D eigenvalue weighted by molar-refractivity contribution is 5.76. The van der Waals surface area contributed by atoms with Crippen molar-refractivity contribution in [3.05, 3.63) is 47.0 Å². The van der Waals surface area contributed by atoms with E-state index in [2.05, 4.69) is 15.4 Å². The third-order valence-electron chi connectivity index (χ3n) is 3.62. The molecule has 2 aromatic heterocycles. The molecule has 122 valence electrons. The molecule has 0 aliphatic heterocycles. The van der Waals surface area contributed by atoms with Crippen LogP contribution in [0.1, 0.15) is 33.1 Å². The fourth-order valence-electron chi connectivity index (χ4n) is 2.12. The molecule has 0 spiro atoms. The van der Waals surface area contributed by atoms with Gasteiger partial charge in [-0.25, -0.2) is 4.68 Å². The second-order valence-corrected chi connectivity index (χ2v) is 5.50. The number of hydrogen-bond donors (Lipinski definition) is 1. The molecule has 1 atom stereocenters. The van der Waals surface area contributed by atoms with Gasteiger partial charge in [0.1, 0.15) is 0 Å². The van der Waals surface area contributed by atoms with Crippen LogP contribution in [0.5, 0.6) is 0 Å². The molecule has 1 unspecified atom stereocenters. The fourth-order valence-corrected chi connectivity index (χ4v) is 2.12. The van der Waals surface area contributed by atoms with Gasteiger partial charge >= 0.3 is 0 Å². The maximum atomic E-state index is 11.9. The average molecular weight is 314 g/mol. The number of rotatable bonds is 7. The number of carbonyl (C=O) groups is 1. The molecule has 2 rings (SSSR count). The van der Waals surface area contributed by atoms with Crippen LogP contribution in [-0.4, -0.2) is 26.7 Å². The van der Waals surface area contributed by atoms with Gasteiger partial charge < -0.3 is 5.32 Å². The molecular formula is C17H22N4O2. The SMILES string of the molecule is CCC(C)NC(=O)CCCn1nc(-c2cccnc2)ccc1=O. The summed E-state index contributed by atoms with van der Waals surface area (Å²) in [5, 5.41) is 7.26. The fraction of sp³-hybridized carbons (Fsp3) is 0.412. The Hall–Kier alpha value is -2.50. The molecule has 2 heterocycles. The lowest BCUT2D eigenvalue weighted by Crippen LogP contribution is -2.32. The van der Waals surface area contributed by atoms with Crippen LogP contribution in [0.4, 0.5) is 0 Å². The van der Waals surface area contributed by atoms with Gasteiger partial charge in [0.2, 0.25) is 5.91 Å². The monoisotopic (exact) mass is 314 g/mol. The van der Waals surface area contributed by atoms with Crippen molar-refractivity contribution in [1.29, 1.82) is 0 Å². The molecule has 0 bridgehead atoms. The number of nitrogens with zero attached hydrogens (tertiary/aromatic N) is 3. The molecule has 0 radical (unpaired) electrons. The average Bonchev–Trinajstić information content (AvgIpc) is 2.57. The third kappa shape index (κ3) is 5.02. The van der Waals surface area contributed by atoms with Crippen LogP contribution in [0.25, 0.3) is 11.3 Å². The van der Waals surface area contributed by atoms with Gasteiger partial charge in [-0.05, 0) is 38.0 Å². The van der Waals surface area contributed by atoms with Crippen LogP contribution in [0.3, 0.4) is 0 Å². The van der Waals surface area contributed by atoms with Crippen LogP contribution >= 0.6 is 0 Å². The number of aryl methyl sites for hydroxylation is 1. The highest BCUT2D eigenvalue weighted by Crippen LogP contribution is 2.12. The molecule has 0 aliphatic rings. The summed E-state index contributed by atoms with van der Waals surface area (Å²) in [6.45, 7) is 4.42. The molecule has 0 saturated heterocycles. The van der Waals surface area contributed by atoms with E-state index in [1.807, 2.05) is 26.0 Å². The molecule has 2 aromatic rings. The van der Waals surface area contributed by atoms with Crippen molar-refractivity contribution in [2.75, 3.05) is 0 Å². The van der Waals surface area contributed by atoms with Gasteiger partial charge in [0.15, 0.2) is 0 Å². The smallest absolute Gasteiger partial charge is 0.266 e. The van der Waals surface area contributed by atoms with Gasteiger partial charge in [-0.3, -0.25) is 14.6 Å². The predicted molar refractivity (Wildman–Crippen MR) is 88.9 cm³/mol. The first-order valence-corrected chi connectivity index (χ1v) is 7.88. The van der Waals surface area contributed by atoms with Crippen molar-refractivity contribution in [3.8, 4) is 11.3 Å². The van der Waals surface area contributed by atoms with Gasteiger partial charge in [-0.1, -0.05) is 6.92 Å². The Kier molecular flexibility index (Phi) is 6.02. The number of aromatic nitrogens is 3. The highest BCUT2D eigenvalue weighted by Gasteiger charge is 2.07. The summed E-state index contributed by atoms with van der Waals surface area (Å²) in [4.78, 5) is 27.7. The van der Waals surface area contributed by atoms with E-state index in [0.717, 1.165) is 12.0 Å². The summed E-state index contributed by atoms with van der Waals surface area (Å²) in [6.07, 6.45) is 5.26. The van der Waals surface area contributed by atoms with E-state index in [1.165, 1.54) is 10.7 Å².